The van der Waals surface area contributed by atoms with E-state index in [-0.39, 0.29) is 6.10 Å². The van der Waals surface area contributed by atoms with E-state index in [1.807, 2.05) is 0 Å². The summed E-state index contributed by atoms with van der Waals surface area (Å²) in [5.74, 6) is 2.16. The second-order valence-corrected chi connectivity index (χ2v) is 4.72. The third-order valence-electron chi connectivity index (χ3n) is 3.28. The number of aromatic amines is 1. The summed E-state index contributed by atoms with van der Waals surface area (Å²) in [5, 5.41) is 0. The number of fused-ring (bicyclic) bond motifs is 1. The number of nitrogens with zero attached hydrogens (tertiary/aromatic N) is 3. The van der Waals surface area contributed by atoms with Gasteiger partial charge in [0.15, 0.2) is 5.65 Å². The van der Waals surface area contributed by atoms with Crippen LogP contribution in [0.5, 0.6) is 5.88 Å². The Balaban J connectivity index is 2.04. The molecule has 1 aliphatic rings. The van der Waals surface area contributed by atoms with Crippen LogP contribution in [0.2, 0.25) is 0 Å². The van der Waals surface area contributed by atoms with Crippen LogP contribution in [0.1, 0.15) is 43.9 Å². The number of aryl methyl sites for hydroxylation is 1. The number of imidazole rings is 1. The van der Waals surface area contributed by atoms with Gasteiger partial charge in [0.2, 0.25) is 5.88 Å². The lowest BCUT2D eigenvalue weighted by atomic mass is 10.2. The van der Waals surface area contributed by atoms with Crippen molar-refractivity contribution in [1.29, 1.82) is 0 Å². The predicted octanol–water partition coefficient (Wildman–Crippen LogP) is 2.17. The number of methoxy groups -OCH3 is 1. The van der Waals surface area contributed by atoms with Crippen molar-refractivity contribution in [2.24, 2.45) is 0 Å². The van der Waals surface area contributed by atoms with E-state index in [4.69, 9.17) is 9.47 Å². The second-order valence-electron chi connectivity index (χ2n) is 4.72. The SMILES string of the molecule is CCCc1nc(OC)c2[nH]c(C3CCCO3)nc2n1. The normalized spacial score (nSPS) is 19.2. The van der Waals surface area contributed by atoms with Gasteiger partial charge in [-0.05, 0) is 19.3 Å². The molecule has 1 aliphatic heterocycles. The Morgan fingerprint density at radius 2 is 2.26 bits per heavy atom. The van der Waals surface area contributed by atoms with Crippen LogP contribution in [0.3, 0.4) is 0 Å². The van der Waals surface area contributed by atoms with E-state index in [0.29, 0.717) is 11.5 Å². The lowest BCUT2D eigenvalue weighted by Crippen LogP contribution is -1.98. The zero-order valence-electron chi connectivity index (χ0n) is 11.3. The highest BCUT2D eigenvalue weighted by Gasteiger charge is 2.23. The molecule has 19 heavy (non-hydrogen) atoms. The van der Waals surface area contributed by atoms with Crippen molar-refractivity contribution in [3.63, 3.8) is 0 Å². The van der Waals surface area contributed by atoms with E-state index < -0.39 is 0 Å². The summed E-state index contributed by atoms with van der Waals surface area (Å²) in [6.45, 7) is 2.90. The molecule has 0 spiro atoms. The molecule has 3 heterocycles. The first-order chi connectivity index (χ1) is 9.31. The molecule has 1 atom stereocenters. The lowest BCUT2D eigenvalue weighted by Gasteiger charge is -2.03. The van der Waals surface area contributed by atoms with Gasteiger partial charge in [0, 0.05) is 13.0 Å². The molecule has 0 radical (unpaired) electrons. The molecule has 0 aliphatic carbocycles. The Labute approximate surface area is 111 Å². The number of rotatable bonds is 4. The summed E-state index contributed by atoms with van der Waals surface area (Å²) >= 11 is 0. The van der Waals surface area contributed by atoms with E-state index in [1.54, 1.807) is 7.11 Å². The number of hydrogen-bond donors (Lipinski definition) is 1. The maximum absolute atomic E-state index is 5.64. The largest absolute Gasteiger partial charge is 0.479 e. The molecule has 1 N–H and O–H groups in total. The van der Waals surface area contributed by atoms with E-state index in [0.717, 1.165) is 49.5 Å². The number of ether oxygens (including phenoxy) is 2. The Kier molecular flexibility index (Phi) is 3.33. The highest BCUT2D eigenvalue weighted by atomic mass is 16.5. The second kappa shape index (κ2) is 5.13. The fourth-order valence-electron chi connectivity index (χ4n) is 2.36. The quantitative estimate of drug-likeness (QED) is 0.914. The molecule has 1 saturated heterocycles. The molecule has 2 aromatic heterocycles. The van der Waals surface area contributed by atoms with Gasteiger partial charge in [-0.25, -0.2) is 9.97 Å². The lowest BCUT2D eigenvalue weighted by molar-refractivity contribution is 0.106. The molecule has 102 valence electrons. The van der Waals surface area contributed by atoms with Gasteiger partial charge in [0.05, 0.1) is 7.11 Å². The number of H-pyrrole nitrogens is 1. The van der Waals surface area contributed by atoms with Crippen LogP contribution >= 0.6 is 0 Å². The monoisotopic (exact) mass is 262 g/mol. The smallest absolute Gasteiger partial charge is 0.243 e. The van der Waals surface area contributed by atoms with Gasteiger partial charge >= 0.3 is 0 Å². The molecular weight excluding hydrogens is 244 g/mol. The van der Waals surface area contributed by atoms with E-state index in [2.05, 4.69) is 26.9 Å². The van der Waals surface area contributed by atoms with Crippen molar-refractivity contribution < 1.29 is 9.47 Å². The van der Waals surface area contributed by atoms with Crippen molar-refractivity contribution in [3.8, 4) is 5.88 Å². The van der Waals surface area contributed by atoms with Gasteiger partial charge in [-0.2, -0.15) is 4.98 Å². The zero-order chi connectivity index (χ0) is 13.2. The van der Waals surface area contributed by atoms with Crippen LogP contribution in [0.15, 0.2) is 0 Å². The first-order valence-electron chi connectivity index (χ1n) is 6.74. The summed E-state index contributed by atoms with van der Waals surface area (Å²) in [7, 11) is 1.62. The summed E-state index contributed by atoms with van der Waals surface area (Å²) in [6.07, 6.45) is 3.95. The molecule has 0 bridgehead atoms. The van der Waals surface area contributed by atoms with Crippen molar-refractivity contribution in [2.75, 3.05) is 13.7 Å². The highest BCUT2D eigenvalue weighted by Crippen LogP contribution is 2.29. The van der Waals surface area contributed by atoms with Crippen molar-refractivity contribution >= 4 is 11.2 Å². The van der Waals surface area contributed by atoms with Crippen LogP contribution in [0.25, 0.3) is 11.2 Å². The Bertz CT molecular complexity index is 575. The molecule has 0 saturated carbocycles. The molecule has 0 amide bonds. The Hall–Kier alpha value is -1.69. The fourth-order valence-corrected chi connectivity index (χ4v) is 2.36. The van der Waals surface area contributed by atoms with Crippen LogP contribution in [-0.4, -0.2) is 33.7 Å². The molecule has 3 rings (SSSR count). The van der Waals surface area contributed by atoms with E-state index in [1.165, 1.54) is 0 Å². The molecule has 6 nitrogen and oxygen atoms in total. The van der Waals surface area contributed by atoms with Crippen LogP contribution in [0.4, 0.5) is 0 Å². The topological polar surface area (TPSA) is 72.9 Å². The van der Waals surface area contributed by atoms with Crippen molar-refractivity contribution in [3.05, 3.63) is 11.6 Å². The minimum absolute atomic E-state index is 0.0496. The Morgan fingerprint density at radius 1 is 1.37 bits per heavy atom. The summed E-state index contributed by atoms with van der Waals surface area (Å²) < 4.78 is 11.0. The van der Waals surface area contributed by atoms with Gasteiger partial charge in [0.25, 0.3) is 0 Å². The standard InChI is InChI=1S/C13H18N4O2/c1-3-5-9-14-12-10(13(15-9)18-2)16-11(17-12)8-6-4-7-19-8/h8H,3-7H2,1-2H3,(H,14,15,16,17). The maximum atomic E-state index is 5.64. The average Bonchev–Trinajstić information content (AvgIpc) is 3.06. The minimum Gasteiger partial charge on any atom is -0.479 e. The molecule has 0 aromatic carbocycles. The predicted molar refractivity (Wildman–Crippen MR) is 70.2 cm³/mol. The van der Waals surface area contributed by atoms with Crippen LogP contribution < -0.4 is 4.74 Å². The third kappa shape index (κ3) is 2.28. The number of nitrogens with one attached hydrogen (secondary N) is 1. The third-order valence-corrected chi connectivity index (χ3v) is 3.28. The van der Waals surface area contributed by atoms with Gasteiger partial charge in [-0.1, -0.05) is 6.92 Å². The zero-order valence-corrected chi connectivity index (χ0v) is 11.3. The molecule has 2 aromatic rings. The van der Waals surface area contributed by atoms with Crippen LogP contribution in [0, 0.1) is 0 Å². The number of aromatic nitrogens is 4. The van der Waals surface area contributed by atoms with Gasteiger partial charge in [-0.3, -0.25) is 0 Å². The van der Waals surface area contributed by atoms with Gasteiger partial charge < -0.3 is 14.5 Å². The molecular formula is C13H18N4O2. The first-order valence-corrected chi connectivity index (χ1v) is 6.74. The van der Waals surface area contributed by atoms with Gasteiger partial charge in [-0.15, -0.1) is 0 Å². The summed E-state index contributed by atoms with van der Waals surface area (Å²) in [5.41, 5.74) is 1.42. The van der Waals surface area contributed by atoms with E-state index >= 15 is 0 Å². The summed E-state index contributed by atoms with van der Waals surface area (Å²) in [4.78, 5) is 16.7. The first kappa shape index (κ1) is 12.3. The number of hydrogen-bond acceptors (Lipinski definition) is 5. The summed E-state index contributed by atoms with van der Waals surface area (Å²) in [6, 6.07) is 0. The van der Waals surface area contributed by atoms with Crippen molar-refractivity contribution in [1.82, 2.24) is 19.9 Å². The van der Waals surface area contributed by atoms with E-state index in [9.17, 15) is 0 Å². The average molecular weight is 262 g/mol. The maximum Gasteiger partial charge on any atom is 0.243 e. The minimum atomic E-state index is 0.0496. The molecule has 6 heteroatoms. The van der Waals surface area contributed by atoms with Gasteiger partial charge in [0.1, 0.15) is 23.3 Å². The molecule has 1 unspecified atom stereocenters. The van der Waals surface area contributed by atoms with Crippen LogP contribution in [-0.2, 0) is 11.2 Å². The Morgan fingerprint density at radius 3 is 2.95 bits per heavy atom. The highest BCUT2D eigenvalue weighted by molar-refractivity contribution is 5.76. The van der Waals surface area contributed by atoms with Crippen molar-refractivity contribution in [2.45, 2.75) is 38.7 Å². The fraction of sp³-hybridized carbons (Fsp3) is 0.615. The molecule has 1 fully saturated rings.